The highest BCUT2D eigenvalue weighted by Crippen LogP contribution is 2.24. The molecule has 105 heavy (non-hydrogen) atoms. The summed E-state index contributed by atoms with van der Waals surface area (Å²) in [5.41, 5.74) is 3.12. The second-order valence-corrected chi connectivity index (χ2v) is 35.5. The number of carbonyl (C=O) groups is 12. The average Bonchev–Trinajstić information content (AvgIpc) is 0.843. The summed E-state index contributed by atoms with van der Waals surface area (Å²) in [4.78, 5) is 145. The summed E-state index contributed by atoms with van der Waals surface area (Å²) < 4.78 is 114. The van der Waals surface area contributed by atoms with Gasteiger partial charge in [0, 0.05) is 186 Å². The molecule has 36 heteroatoms. The fraction of sp³-hybridized carbons (Fsp3) is 0.304. The van der Waals surface area contributed by atoms with Crippen molar-refractivity contribution in [3.63, 3.8) is 0 Å². The number of amides is 6. The van der Waals surface area contributed by atoms with Crippen LogP contribution in [-0.2, 0) is 47.6 Å². The summed E-state index contributed by atoms with van der Waals surface area (Å²) in [6, 6.07) is 23.8. The summed E-state index contributed by atoms with van der Waals surface area (Å²) in [6.45, 7) is 8.59. The number of hydrogen-bond donors (Lipinski definition) is 1. The fourth-order valence-electron chi connectivity index (χ4n) is 8.13. The van der Waals surface area contributed by atoms with Crippen molar-refractivity contribution in [3.8, 4) is 0 Å². The standard InChI is InChI=1S/2C12H15NO4S.C12H15NO2.2C11H12ClNO4S.C11H13NO5S/c2*1-8(14)9-5-10(12(15)13(2)3)7-11(6-9)18(4,16)17;1-8-5-10(9(2)14)7-11(6-8)12(15)13(3)4;2*1-7(14)8-4-9(11(15)13(2)3)6-10(5-8)18(12,16)17;1-12(2)10(13)7-4-8(11(14)15)6-9(5-7)18(3,16)17/h2*5-7H,1-4H3;5-7H,1-4H3;2*4-6H,1-3H3;4-6H,1-3H3,(H,14,15). The number of aryl methyl sites for hydroxylation is 1. The molecule has 6 rings (SSSR count). The molecule has 0 saturated heterocycles. The third kappa shape index (κ3) is 29.8. The van der Waals surface area contributed by atoms with Crippen LogP contribution in [0.5, 0.6) is 0 Å². The van der Waals surface area contributed by atoms with Crippen LogP contribution in [-0.4, -0.2) is 250 Å². The molecule has 0 heterocycles. The normalized spacial score (nSPS) is 10.9. The van der Waals surface area contributed by atoms with Gasteiger partial charge in [-0.2, -0.15) is 0 Å². The van der Waals surface area contributed by atoms with E-state index in [-0.39, 0.29) is 127 Å². The van der Waals surface area contributed by atoms with Gasteiger partial charge in [0.1, 0.15) is 0 Å². The van der Waals surface area contributed by atoms with E-state index in [1.54, 1.807) is 60.5 Å². The number of nitrogens with zero attached hydrogens (tertiary/aromatic N) is 6. The largest absolute Gasteiger partial charge is 0.478 e. The zero-order chi connectivity index (χ0) is 82.0. The zero-order valence-electron chi connectivity index (χ0n) is 61.3. The molecule has 0 aliphatic carbocycles. The summed E-state index contributed by atoms with van der Waals surface area (Å²) in [7, 11) is 10.7. The van der Waals surface area contributed by atoms with Gasteiger partial charge in [0.15, 0.2) is 58.4 Å². The van der Waals surface area contributed by atoms with Crippen molar-refractivity contribution in [1.29, 1.82) is 0 Å². The van der Waals surface area contributed by atoms with Gasteiger partial charge < -0.3 is 34.5 Å². The maximum atomic E-state index is 11.8. The van der Waals surface area contributed by atoms with Crippen LogP contribution in [0, 0.1) is 6.92 Å². The second-order valence-electron chi connectivity index (χ2n) is 24.3. The van der Waals surface area contributed by atoms with Gasteiger partial charge in [-0.3, -0.25) is 52.7 Å². The zero-order valence-corrected chi connectivity index (χ0v) is 66.9. The molecule has 0 aliphatic rings. The number of carbonyl (C=O) groups excluding carboxylic acids is 11. The van der Waals surface area contributed by atoms with E-state index in [9.17, 15) is 99.6 Å². The summed E-state index contributed by atoms with van der Waals surface area (Å²) in [5, 5.41) is 8.90. The number of hydrogen-bond acceptors (Lipinski definition) is 22. The lowest BCUT2D eigenvalue weighted by molar-refractivity contribution is 0.0693. The SMILES string of the molecule is CC(=O)c1cc(C(=O)N(C)C)cc(S(=O)(=O)Cl)c1.CC(=O)c1cc(C(=O)N(C)C)cc(S(=O)(=O)Cl)c1.CC(=O)c1cc(C(=O)N(C)C)cc(S(C)(=O)=O)c1.CC(=O)c1cc(C(=O)N(C)C)cc(S(C)(=O)=O)c1.CC(=O)c1cc(C)cc(C(=O)N(C)C)c1.CN(C)C(=O)c1cc(C(=O)O)cc(S(C)(=O)=O)c1. The van der Waals surface area contributed by atoms with Gasteiger partial charge in [-0.15, -0.1) is 0 Å². The molecule has 6 aromatic carbocycles. The van der Waals surface area contributed by atoms with Crippen LogP contribution in [0.3, 0.4) is 0 Å². The van der Waals surface area contributed by atoms with Crippen LogP contribution < -0.4 is 0 Å². The molecule has 0 bridgehead atoms. The van der Waals surface area contributed by atoms with E-state index in [4.69, 9.17) is 26.5 Å². The summed E-state index contributed by atoms with van der Waals surface area (Å²) in [5.74, 6) is -4.59. The van der Waals surface area contributed by atoms with E-state index in [1.807, 2.05) is 6.92 Å². The molecule has 0 aliphatic heterocycles. The van der Waals surface area contributed by atoms with Gasteiger partial charge in [0.25, 0.3) is 53.5 Å². The van der Waals surface area contributed by atoms with Crippen molar-refractivity contribution < 1.29 is 105 Å². The van der Waals surface area contributed by atoms with Gasteiger partial charge in [-0.05, 0) is 156 Å². The van der Waals surface area contributed by atoms with E-state index in [0.29, 0.717) is 11.1 Å². The molecular weight excluding hydrogens is 1510 g/mol. The number of carboxylic acid groups (broad SMARTS) is 1. The van der Waals surface area contributed by atoms with Gasteiger partial charge in [0.2, 0.25) is 0 Å². The van der Waals surface area contributed by atoms with E-state index in [2.05, 4.69) is 0 Å². The van der Waals surface area contributed by atoms with E-state index >= 15 is 0 Å². The molecule has 1 N–H and O–H groups in total. The molecule has 0 fully saturated rings. The lowest BCUT2D eigenvalue weighted by Gasteiger charge is -2.12. The number of sulfone groups is 3. The first-order valence-corrected chi connectivity index (χ1v) is 40.3. The van der Waals surface area contributed by atoms with Crippen molar-refractivity contribution in [2.45, 2.75) is 66.0 Å². The van der Waals surface area contributed by atoms with Crippen LogP contribution in [0.1, 0.15) is 164 Å². The monoisotopic (exact) mass is 1590 g/mol. The minimum atomic E-state index is -3.99. The number of aromatic carboxylic acids is 1. The number of carboxylic acids is 1. The molecule has 0 spiro atoms. The number of rotatable bonds is 17. The van der Waals surface area contributed by atoms with Crippen LogP contribution in [0.4, 0.5) is 0 Å². The van der Waals surface area contributed by atoms with Crippen molar-refractivity contribution in [2.24, 2.45) is 0 Å². The van der Waals surface area contributed by atoms with Gasteiger partial charge in [-0.1, -0.05) is 0 Å². The quantitative estimate of drug-likeness (QED) is 0.0685. The third-order valence-electron chi connectivity index (χ3n) is 13.7. The van der Waals surface area contributed by atoms with Crippen molar-refractivity contribution in [2.75, 3.05) is 103 Å². The predicted octanol–water partition coefficient (Wildman–Crippen LogP) is 7.42. The molecule has 0 saturated carbocycles. The third-order valence-corrected chi connectivity index (χ3v) is 19.6. The highest BCUT2D eigenvalue weighted by Gasteiger charge is 2.24. The smallest absolute Gasteiger partial charge is 0.335 e. The van der Waals surface area contributed by atoms with Crippen molar-refractivity contribution >= 4 is 139 Å². The number of benzene rings is 6. The maximum Gasteiger partial charge on any atom is 0.335 e. The molecule has 6 aromatic rings. The van der Waals surface area contributed by atoms with Gasteiger partial charge >= 0.3 is 5.97 Å². The Kier molecular flexibility index (Phi) is 34.1. The minimum Gasteiger partial charge on any atom is -0.478 e. The van der Waals surface area contributed by atoms with Crippen molar-refractivity contribution in [3.05, 3.63) is 182 Å². The van der Waals surface area contributed by atoms with E-state index in [1.165, 1.54) is 161 Å². The molecule has 570 valence electrons. The molecule has 0 aromatic heterocycles. The lowest BCUT2D eigenvalue weighted by atomic mass is 10.0. The Morgan fingerprint density at radius 2 is 0.400 bits per heavy atom. The Labute approximate surface area is 620 Å². The van der Waals surface area contributed by atoms with E-state index in [0.717, 1.165) is 60.7 Å². The fourth-order valence-corrected chi connectivity index (χ4v) is 11.8. The maximum absolute atomic E-state index is 11.8. The Morgan fingerprint density at radius 1 is 0.257 bits per heavy atom. The second kappa shape index (κ2) is 38.3. The Hall–Kier alpha value is -9.71. The number of Topliss-reactive ketones (excluding diaryl/α,β-unsaturated/α-hetero) is 5. The van der Waals surface area contributed by atoms with Crippen LogP contribution in [0.25, 0.3) is 0 Å². The first-order valence-electron chi connectivity index (χ1n) is 30.0. The Morgan fingerprint density at radius 3 is 0.571 bits per heavy atom. The molecule has 0 radical (unpaired) electrons. The molecule has 0 atom stereocenters. The summed E-state index contributed by atoms with van der Waals surface area (Å²) in [6.07, 6.45) is 3.03. The highest BCUT2D eigenvalue weighted by atomic mass is 35.7. The number of halogens is 2. The van der Waals surface area contributed by atoms with Crippen LogP contribution >= 0.6 is 21.4 Å². The topological polar surface area (TPSA) is 415 Å². The minimum absolute atomic E-state index is 0.0218. The van der Waals surface area contributed by atoms with Gasteiger partial charge in [-0.25, -0.2) is 46.9 Å². The van der Waals surface area contributed by atoms with Crippen LogP contribution in [0.15, 0.2) is 134 Å². The molecule has 0 unspecified atom stereocenters. The first-order chi connectivity index (χ1) is 47.5. The first kappa shape index (κ1) is 93.3. The number of ketones is 5. The highest BCUT2D eigenvalue weighted by molar-refractivity contribution is 8.14. The Balaban J connectivity index is 0.000000631. The lowest BCUT2D eigenvalue weighted by Crippen LogP contribution is -2.22. The van der Waals surface area contributed by atoms with Crippen molar-refractivity contribution in [1.82, 2.24) is 29.4 Å². The molecular formula is C69H82Cl2N6O23S5. The Bertz CT molecular complexity index is 4420. The average molecular weight is 1590 g/mol. The predicted molar refractivity (Wildman–Crippen MR) is 394 cm³/mol. The molecule has 6 amide bonds. The summed E-state index contributed by atoms with van der Waals surface area (Å²) >= 11 is 0. The molecule has 29 nitrogen and oxygen atoms in total. The van der Waals surface area contributed by atoms with E-state index < -0.39 is 71.3 Å². The van der Waals surface area contributed by atoms with Crippen LogP contribution in [0.2, 0.25) is 0 Å². The van der Waals surface area contributed by atoms with Gasteiger partial charge in [0.05, 0.1) is 30.0 Å².